The van der Waals surface area contributed by atoms with Crippen molar-refractivity contribution in [2.45, 2.75) is 18.8 Å². The van der Waals surface area contributed by atoms with E-state index in [0.717, 1.165) is 11.3 Å². The lowest BCUT2D eigenvalue weighted by molar-refractivity contribution is -0.120. The summed E-state index contributed by atoms with van der Waals surface area (Å²) < 4.78 is 5.34. The van der Waals surface area contributed by atoms with Crippen LogP contribution in [-0.4, -0.2) is 25.9 Å². The van der Waals surface area contributed by atoms with Gasteiger partial charge in [-0.2, -0.15) is 0 Å². The van der Waals surface area contributed by atoms with Gasteiger partial charge in [-0.15, -0.1) is 11.3 Å². The summed E-state index contributed by atoms with van der Waals surface area (Å²) in [5.74, 6) is 0.192. The molecule has 2 heterocycles. The Morgan fingerprint density at radius 3 is 3.38 bits per heavy atom. The highest BCUT2D eigenvalue weighted by atomic mass is 32.1. The molecule has 5 heteroatoms. The second kappa shape index (κ2) is 5.87. The third-order valence-corrected chi connectivity index (χ3v) is 3.28. The zero-order valence-corrected chi connectivity index (χ0v) is 9.83. The predicted octanol–water partition coefficient (Wildman–Crippen LogP) is 1.06. The average Bonchev–Trinajstić information content (AvgIpc) is 2.62. The van der Waals surface area contributed by atoms with Gasteiger partial charge in [-0.1, -0.05) is 18.2 Å². The fraction of sp³-hybridized carbons (Fsp3) is 0.364. The van der Waals surface area contributed by atoms with Crippen LogP contribution in [0.2, 0.25) is 0 Å². The maximum atomic E-state index is 11.7. The molecule has 0 aromatic carbocycles. The molecule has 1 unspecified atom stereocenters. The highest BCUT2D eigenvalue weighted by Crippen LogP contribution is 2.09. The lowest BCUT2D eigenvalue weighted by Gasteiger charge is -2.13. The van der Waals surface area contributed by atoms with Gasteiger partial charge in [-0.3, -0.25) is 4.79 Å². The van der Waals surface area contributed by atoms with E-state index in [1.165, 1.54) is 0 Å². The second-order valence-corrected chi connectivity index (χ2v) is 4.80. The van der Waals surface area contributed by atoms with E-state index in [4.69, 9.17) is 4.65 Å². The topological polar surface area (TPSA) is 38.3 Å². The molecule has 1 N–H and O–H groups in total. The molecule has 1 aromatic rings. The van der Waals surface area contributed by atoms with Crippen LogP contribution in [0.3, 0.4) is 0 Å². The molecular formula is C11H14BNO2S. The molecule has 0 fully saturated rings. The van der Waals surface area contributed by atoms with E-state index in [-0.39, 0.29) is 11.8 Å². The average molecular weight is 235 g/mol. The number of hydrogen-bond donors (Lipinski definition) is 1. The molecule has 1 amide bonds. The van der Waals surface area contributed by atoms with Crippen molar-refractivity contribution in [2.75, 3.05) is 6.61 Å². The van der Waals surface area contributed by atoms with Gasteiger partial charge in [0.05, 0.1) is 6.42 Å². The fourth-order valence-electron chi connectivity index (χ4n) is 1.63. The Labute approximate surface area is 99.8 Å². The fourth-order valence-corrected chi connectivity index (χ4v) is 2.33. The number of hydrogen-bond acceptors (Lipinski definition) is 3. The van der Waals surface area contributed by atoms with Gasteiger partial charge in [-0.25, -0.2) is 0 Å². The number of nitrogens with one attached hydrogen (secondary N) is 1. The van der Waals surface area contributed by atoms with Crippen LogP contribution in [0.5, 0.6) is 0 Å². The van der Waals surface area contributed by atoms with Gasteiger partial charge in [-0.05, 0) is 17.9 Å². The number of rotatable bonds is 3. The summed E-state index contributed by atoms with van der Waals surface area (Å²) in [6.45, 7) is 0.650. The van der Waals surface area contributed by atoms with Crippen LogP contribution >= 0.6 is 11.3 Å². The SMILES string of the molecule is O=C(Cc1cccs1)NC1BOCC=CC1. The van der Waals surface area contributed by atoms with Crippen LogP contribution in [0.1, 0.15) is 11.3 Å². The van der Waals surface area contributed by atoms with Crippen LogP contribution < -0.4 is 5.32 Å². The number of amides is 1. The van der Waals surface area contributed by atoms with Gasteiger partial charge >= 0.3 is 0 Å². The first-order chi connectivity index (χ1) is 7.84. The molecular weight excluding hydrogens is 221 g/mol. The van der Waals surface area contributed by atoms with Crippen molar-refractivity contribution < 1.29 is 9.45 Å². The molecule has 84 valence electrons. The van der Waals surface area contributed by atoms with Crippen molar-refractivity contribution in [2.24, 2.45) is 0 Å². The number of carbonyl (C=O) groups is 1. The predicted molar refractivity (Wildman–Crippen MR) is 66.8 cm³/mol. The Balaban J connectivity index is 1.80. The minimum atomic E-state index is 0.0753. The van der Waals surface area contributed by atoms with Crippen LogP contribution in [0.15, 0.2) is 29.7 Å². The lowest BCUT2D eigenvalue weighted by Crippen LogP contribution is -2.40. The van der Waals surface area contributed by atoms with Crippen molar-refractivity contribution in [1.29, 1.82) is 0 Å². The molecule has 1 aliphatic rings. The lowest BCUT2D eigenvalue weighted by atomic mass is 9.85. The minimum absolute atomic E-state index is 0.0753. The molecule has 16 heavy (non-hydrogen) atoms. The van der Waals surface area contributed by atoms with E-state index in [1.807, 2.05) is 23.6 Å². The first-order valence-electron chi connectivity index (χ1n) is 5.39. The third kappa shape index (κ3) is 3.50. The second-order valence-electron chi connectivity index (χ2n) is 3.77. The van der Waals surface area contributed by atoms with Crippen molar-refractivity contribution in [1.82, 2.24) is 5.32 Å². The maximum Gasteiger partial charge on any atom is 0.298 e. The summed E-state index contributed by atoms with van der Waals surface area (Å²) in [4.78, 5) is 12.8. The van der Waals surface area contributed by atoms with Crippen LogP contribution in [0, 0.1) is 0 Å². The highest BCUT2D eigenvalue weighted by molar-refractivity contribution is 7.10. The van der Waals surface area contributed by atoms with E-state index >= 15 is 0 Å². The third-order valence-electron chi connectivity index (χ3n) is 2.40. The summed E-state index contributed by atoms with van der Waals surface area (Å²) >= 11 is 1.61. The van der Waals surface area contributed by atoms with E-state index in [1.54, 1.807) is 11.3 Å². The van der Waals surface area contributed by atoms with Crippen molar-refractivity contribution in [3.05, 3.63) is 34.5 Å². The molecule has 0 spiro atoms. The normalized spacial score (nSPS) is 19.9. The number of thiophene rings is 1. The van der Waals surface area contributed by atoms with Gasteiger partial charge < -0.3 is 9.97 Å². The smallest absolute Gasteiger partial charge is 0.298 e. The Hall–Kier alpha value is -1.07. The summed E-state index contributed by atoms with van der Waals surface area (Å²) in [6.07, 6.45) is 5.38. The van der Waals surface area contributed by atoms with E-state index in [9.17, 15) is 4.79 Å². The molecule has 3 nitrogen and oxygen atoms in total. The molecule has 1 aromatic heterocycles. The number of carbonyl (C=O) groups excluding carboxylic acids is 1. The largest absolute Gasteiger partial charge is 0.434 e. The minimum Gasteiger partial charge on any atom is -0.434 e. The van der Waals surface area contributed by atoms with Crippen molar-refractivity contribution in [3.8, 4) is 0 Å². The molecule has 0 bridgehead atoms. The van der Waals surface area contributed by atoms with Gasteiger partial charge in [0.15, 0.2) is 0 Å². The van der Waals surface area contributed by atoms with Gasteiger partial charge in [0.2, 0.25) is 5.91 Å². The standard InChI is InChI=1S/C11H14BNO2S/c14-11(8-9-4-3-7-16-9)13-10-5-1-2-6-15-12-10/h1-4,7,10,12H,5-6,8H2,(H,13,14). The molecule has 2 rings (SSSR count). The molecule has 1 atom stereocenters. The van der Waals surface area contributed by atoms with E-state index < -0.39 is 0 Å². The molecule has 0 saturated carbocycles. The Kier molecular flexibility index (Phi) is 4.19. The monoisotopic (exact) mass is 235 g/mol. The highest BCUT2D eigenvalue weighted by Gasteiger charge is 2.15. The summed E-state index contributed by atoms with van der Waals surface area (Å²) in [5, 5.41) is 4.97. The Bertz CT molecular complexity index is 364. The Morgan fingerprint density at radius 1 is 1.62 bits per heavy atom. The van der Waals surface area contributed by atoms with Crippen LogP contribution in [0.4, 0.5) is 0 Å². The van der Waals surface area contributed by atoms with Gasteiger partial charge in [0.1, 0.15) is 0 Å². The zero-order chi connectivity index (χ0) is 11.2. The zero-order valence-electron chi connectivity index (χ0n) is 9.02. The van der Waals surface area contributed by atoms with Crippen LogP contribution in [0.25, 0.3) is 0 Å². The van der Waals surface area contributed by atoms with Crippen LogP contribution in [-0.2, 0) is 15.9 Å². The quantitative estimate of drug-likeness (QED) is 0.628. The molecule has 1 aliphatic heterocycles. The van der Waals surface area contributed by atoms with Crippen molar-refractivity contribution >= 4 is 24.7 Å². The van der Waals surface area contributed by atoms with E-state index in [0.29, 0.717) is 20.5 Å². The van der Waals surface area contributed by atoms with Crippen molar-refractivity contribution in [3.63, 3.8) is 0 Å². The molecule has 0 aliphatic carbocycles. The molecule has 0 saturated heterocycles. The van der Waals surface area contributed by atoms with Gasteiger partial charge in [0.25, 0.3) is 7.48 Å². The first kappa shape index (κ1) is 11.4. The maximum absolute atomic E-state index is 11.7. The van der Waals surface area contributed by atoms with E-state index in [2.05, 4.69) is 11.4 Å². The first-order valence-corrected chi connectivity index (χ1v) is 6.27. The summed E-state index contributed by atoms with van der Waals surface area (Å²) in [7, 11) is 0.600. The molecule has 0 radical (unpaired) electrons. The summed E-state index contributed by atoms with van der Waals surface area (Å²) in [6, 6.07) is 3.94. The summed E-state index contributed by atoms with van der Waals surface area (Å²) in [5.41, 5.74) is 0. The Morgan fingerprint density at radius 2 is 2.56 bits per heavy atom. The van der Waals surface area contributed by atoms with Gasteiger partial charge in [0, 0.05) is 17.4 Å².